The summed E-state index contributed by atoms with van der Waals surface area (Å²) in [5, 5.41) is 3.02. The molecular weight excluding hydrogens is 204 g/mol. The molecule has 0 saturated carbocycles. The number of hydrogen-bond donors (Lipinski definition) is 3. The predicted octanol–water partition coefficient (Wildman–Crippen LogP) is 0.459. The van der Waals surface area contributed by atoms with E-state index in [1.54, 1.807) is 23.4 Å². The molecule has 0 aliphatic carbocycles. The Hall–Kier alpha value is -2.50. The largest absolute Gasteiger partial charge is 0.384 e. The minimum Gasteiger partial charge on any atom is -0.384 e. The molecule has 0 saturated heterocycles. The van der Waals surface area contributed by atoms with Gasteiger partial charge in [-0.05, 0) is 0 Å². The monoisotopic (exact) mass is 216 g/mol. The Morgan fingerprint density at radius 3 is 2.62 bits per heavy atom. The van der Waals surface area contributed by atoms with Crippen LogP contribution in [0, 0.1) is 0 Å². The maximum atomic E-state index is 5.57. The number of nitrogens with one attached hydrogen (secondary N) is 1. The topological polar surface area (TPSA) is 93.1 Å². The molecule has 0 bridgehead atoms. The second kappa shape index (κ2) is 3.93. The first-order valence-electron chi connectivity index (χ1n) is 4.65. The quantitative estimate of drug-likeness (QED) is 0.665. The van der Waals surface area contributed by atoms with Crippen LogP contribution >= 0.6 is 0 Å². The first kappa shape index (κ1) is 10.0. The summed E-state index contributed by atoms with van der Waals surface area (Å²) in [4.78, 5) is 9.89. The van der Waals surface area contributed by atoms with Gasteiger partial charge in [0.05, 0.1) is 0 Å². The molecule has 6 nitrogen and oxygen atoms in total. The van der Waals surface area contributed by atoms with Crippen molar-refractivity contribution >= 4 is 17.7 Å². The lowest BCUT2D eigenvalue weighted by Gasteiger charge is -2.11. The van der Waals surface area contributed by atoms with E-state index in [0.29, 0.717) is 17.5 Å². The Kier molecular flexibility index (Phi) is 2.47. The lowest BCUT2D eigenvalue weighted by atomic mass is 10.4. The lowest BCUT2D eigenvalue weighted by molar-refractivity contribution is 0.636. The summed E-state index contributed by atoms with van der Waals surface area (Å²) in [6.45, 7) is 3.67. The molecule has 0 radical (unpaired) electrons. The zero-order chi connectivity index (χ0) is 11.5. The minimum absolute atomic E-state index is 0.343. The Morgan fingerprint density at radius 2 is 2.00 bits per heavy atom. The highest BCUT2D eigenvalue weighted by Gasteiger charge is 2.08. The van der Waals surface area contributed by atoms with Crippen LogP contribution in [0.15, 0.2) is 37.1 Å². The lowest BCUT2D eigenvalue weighted by Crippen LogP contribution is -2.12. The van der Waals surface area contributed by atoms with Crippen molar-refractivity contribution in [1.82, 2.24) is 20.2 Å². The molecule has 82 valence electrons. The highest BCUT2D eigenvalue weighted by Crippen LogP contribution is 2.13. The van der Waals surface area contributed by atoms with Crippen LogP contribution in [0.4, 0.5) is 11.6 Å². The molecule has 1 aromatic rings. The summed E-state index contributed by atoms with van der Waals surface area (Å²) >= 11 is 0. The Morgan fingerprint density at radius 1 is 1.31 bits per heavy atom. The van der Waals surface area contributed by atoms with Crippen LogP contribution in [0.25, 0.3) is 6.08 Å². The number of nitrogen functional groups attached to an aromatic ring is 2. The van der Waals surface area contributed by atoms with Gasteiger partial charge in [0.15, 0.2) is 5.82 Å². The van der Waals surface area contributed by atoms with Crippen LogP contribution < -0.4 is 16.8 Å². The van der Waals surface area contributed by atoms with Crippen molar-refractivity contribution in [3.63, 3.8) is 0 Å². The molecule has 0 fully saturated rings. The van der Waals surface area contributed by atoms with Crippen molar-refractivity contribution in [1.29, 1.82) is 0 Å². The van der Waals surface area contributed by atoms with E-state index >= 15 is 0 Å². The van der Waals surface area contributed by atoms with Crippen molar-refractivity contribution in [2.45, 2.75) is 0 Å². The first-order chi connectivity index (χ1) is 7.69. The molecule has 0 aromatic carbocycles. The fourth-order valence-corrected chi connectivity index (χ4v) is 1.33. The van der Waals surface area contributed by atoms with E-state index < -0.39 is 0 Å². The molecule has 1 aliphatic heterocycles. The standard InChI is InChI=1S/C10H12N6/c1-2-16-4-3-13-10(16)6-9-14-7(11)5-8(12)15-9/h2-6,13H,1H2,(H4,11,12,14,15)/b10-6+. The van der Waals surface area contributed by atoms with Crippen molar-refractivity contribution in [3.8, 4) is 0 Å². The predicted molar refractivity (Wildman–Crippen MR) is 63.1 cm³/mol. The van der Waals surface area contributed by atoms with Crippen molar-refractivity contribution in [2.24, 2.45) is 0 Å². The van der Waals surface area contributed by atoms with Gasteiger partial charge in [-0.2, -0.15) is 0 Å². The van der Waals surface area contributed by atoms with Crippen molar-refractivity contribution < 1.29 is 0 Å². The van der Waals surface area contributed by atoms with Gasteiger partial charge in [0, 0.05) is 30.7 Å². The second-order valence-corrected chi connectivity index (χ2v) is 3.16. The van der Waals surface area contributed by atoms with Crippen LogP contribution in [0.2, 0.25) is 0 Å². The smallest absolute Gasteiger partial charge is 0.160 e. The van der Waals surface area contributed by atoms with E-state index in [4.69, 9.17) is 11.5 Å². The van der Waals surface area contributed by atoms with E-state index in [2.05, 4.69) is 21.9 Å². The summed E-state index contributed by atoms with van der Waals surface area (Å²) < 4.78 is 0. The number of rotatable bonds is 2. The average Bonchev–Trinajstić information content (AvgIpc) is 2.63. The maximum absolute atomic E-state index is 5.57. The van der Waals surface area contributed by atoms with Gasteiger partial charge in [0.2, 0.25) is 0 Å². The average molecular weight is 216 g/mol. The number of anilines is 2. The summed E-state index contributed by atoms with van der Waals surface area (Å²) in [7, 11) is 0. The van der Waals surface area contributed by atoms with Crippen LogP contribution in [-0.4, -0.2) is 14.9 Å². The normalized spacial score (nSPS) is 16.5. The highest BCUT2D eigenvalue weighted by molar-refractivity contribution is 5.52. The van der Waals surface area contributed by atoms with Crippen LogP contribution in [0.3, 0.4) is 0 Å². The van der Waals surface area contributed by atoms with Gasteiger partial charge in [0.25, 0.3) is 0 Å². The first-order valence-corrected chi connectivity index (χ1v) is 4.65. The molecule has 2 heterocycles. The zero-order valence-corrected chi connectivity index (χ0v) is 8.59. The van der Waals surface area contributed by atoms with Crippen LogP contribution in [0.1, 0.15) is 5.82 Å². The molecule has 5 N–H and O–H groups in total. The van der Waals surface area contributed by atoms with Crippen molar-refractivity contribution in [2.75, 3.05) is 11.5 Å². The second-order valence-electron chi connectivity index (χ2n) is 3.16. The van der Waals surface area contributed by atoms with Gasteiger partial charge >= 0.3 is 0 Å². The molecule has 1 aliphatic rings. The molecule has 16 heavy (non-hydrogen) atoms. The van der Waals surface area contributed by atoms with E-state index in [0.717, 1.165) is 5.82 Å². The summed E-state index contributed by atoms with van der Waals surface area (Å²) in [6.07, 6.45) is 7.00. The summed E-state index contributed by atoms with van der Waals surface area (Å²) in [5.41, 5.74) is 11.1. The SMILES string of the molecule is C=CN1C=CN/C1=C\c1nc(N)cc(N)n1. The number of nitrogens with zero attached hydrogens (tertiary/aromatic N) is 3. The fourth-order valence-electron chi connectivity index (χ4n) is 1.33. The minimum atomic E-state index is 0.343. The van der Waals surface area contributed by atoms with Gasteiger partial charge in [-0.1, -0.05) is 6.58 Å². The molecule has 0 spiro atoms. The Balaban J connectivity index is 2.32. The third-order valence-corrected chi connectivity index (χ3v) is 1.99. The number of aromatic nitrogens is 2. The van der Waals surface area contributed by atoms with Crippen molar-refractivity contribution in [3.05, 3.63) is 42.9 Å². The summed E-state index contributed by atoms with van der Waals surface area (Å²) in [5.74, 6) is 1.93. The van der Waals surface area contributed by atoms with E-state index in [1.165, 1.54) is 6.07 Å². The van der Waals surface area contributed by atoms with Gasteiger partial charge in [0.1, 0.15) is 17.5 Å². The molecule has 1 aromatic heterocycles. The molecule has 0 atom stereocenters. The maximum Gasteiger partial charge on any atom is 0.160 e. The van der Waals surface area contributed by atoms with Gasteiger partial charge in [-0.15, -0.1) is 0 Å². The van der Waals surface area contributed by atoms with E-state index in [9.17, 15) is 0 Å². The number of hydrogen-bond acceptors (Lipinski definition) is 6. The van der Waals surface area contributed by atoms with Gasteiger partial charge in [-0.25, -0.2) is 9.97 Å². The van der Waals surface area contributed by atoms with Gasteiger partial charge in [-0.3, -0.25) is 0 Å². The van der Waals surface area contributed by atoms with Crippen LogP contribution in [-0.2, 0) is 0 Å². The van der Waals surface area contributed by atoms with E-state index in [-0.39, 0.29) is 0 Å². The van der Waals surface area contributed by atoms with Crippen LogP contribution in [0.5, 0.6) is 0 Å². The molecule has 2 rings (SSSR count). The molecule has 6 heteroatoms. The third-order valence-electron chi connectivity index (χ3n) is 1.99. The Bertz CT molecular complexity index is 456. The molecule has 0 amide bonds. The third kappa shape index (κ3) is 1.95. The molecular formula is C10H12N6. The summed E-state index contributed by atoms with van der Waals surface area (Å²) in [6, 6.07) is 1.51. The molecule has 0 unspecified atom stereocenters. The van der Waals surface area contributed by atoms with E-state index in [1.807, 2.05) is 6.20 Å². The number of nitrogens with two attached hydrogens (primary N) is 2. The Labute approximate surface area is 93.0 Å². The zero-order valence-electron chi connectivity index (χ0n) is 8.59. The van der Waals surface area contributed by atoms with Gasteiger partial charge < -0.3 is 21.7 Å². The fraction of sp³-hybridized carbons (Fsp3) is 0. The highest BCUT2D eigenvalue weighted by atomic mass is 15.3.